The number of nitrogens with zero attached hydrogens (tertiary/aromatic N) is 4. The smallest absolute Gasteiger partial charge is 0.229 e. The normalized spacial score (nSPS) is 18.5. The van der Waals surface area contributed by atoms with Gasteiger partial charge in [0, 0.05) is 37.2 Å². The fourth-order valence-electron chi connectivity index (χ4n) is 3.81. The van der Waals surface area contributed by atoms with Crippen molar-refractivity contribution in [3.8, 4) is 11.5 Å². The highest BCUT2D eigenvalue weighted by molar-refractivity contribution is 5.93. The molecule has 2 aliphatic rings. The number of pyridine rings is 1. The maximum Gasteiger partial charge on any atom is 0.229 e. The molecule has 2 aromatic heterocycles. The molecule has 0 bridgehead atoms. The van der Waals surface area contributed by atoms with Crippen molar-refractivity contribution in [2.45, 2.75) is 12.8 Å². The topological polar surface area (TPSA) is 89.5 Å². The van der Waals surface area contributed by atoms with Crippen molar-refractivity contribution in [3.05, 3.63) is 42.9 Å². The first-order valence-electron chi connectivity index (χ1n) is 9.78. The zero-order valence-corrected chi connectivity index (χ0v) is 15.9. The largest absolute Gasteiger partial charge is 0.486 e. The standard InChI is InChI=1S/C21H21N5O3/c27-21(25-15-3-4-18-19(10-15)29-9-8-28-18)14-2-1-7-26(13-14)16-11-17-20(24-12-16)23-6-5-22-17/h3-6,10-12,14H,1-2,7-9,13H2,(H,25,27)/t14-/m0/s1. The average molecular weight is 391 g/mol. The van der Waals surface area contributed by atoms with Gasteiger partial charge >= 0.3 is 0 Å². The second-order valence-corrected chi connectivity index (χ2v) is 7.23. The van der Waals surface area contributed by atoms with Crippen LogP contribution in [0.5, 0.6) is 11.5 Å². The number of hydrogen-bond donors (Lipinski definition) is 1. The number of rotatable bonds is 3. The Labute approximate surface area is 167 Å². The van der Waals surface area contributed by atoms with Gasteiger partial charge in [0.05, 0.1) is 17.8 Å². The number of ether oxygens (including phenoxy) is 2. The zero-order valence-electron chi connectivity index (χ0n) is 15.9. The van der Waals surface area contributed by atoms with Crippen molar-refractivity contribution in [1.29, 1.82) is 0 Å². The van der Waals surface area contributed by atoms with Crippen LogP contribution >= 0.6 is 0 Å². The maximum atomic E-state index is 12.9. The van der Waals surface area contributed by atoms with Crippen LogP contribution in [-0.2, 0) is 4.79 Å². The van der Waals surface area contributed by atoms with E-state index >= 15 is 0 Å². The van der Waals surface area contributed by atoms with Gasteiger partial charge in [-0.15, -0.1) is 0 Å². The molecule has 29 heavy (non-hydrogen) atoms. The van der Waals surface area contributed by atoms with Crippen molar-refractivity contribution in [2.75, 3.05) is 36.5 Å². The Balaban J connectivity index is 1.29. The van der Waals surface area contributed by atoms with Crippen LogP contribution in [0.2, 0.25) is 0 Å². The van der Waals surface area contributed by atoms with Gasteiger partial charge < -0.3 is 19.7 Å². The molecule has 0 unspecified atom stereocenters. The van der Waals surface area contributed by atoms with Gasteiger partial charge in [0.1, 0.15) is 18.7 Å². The first kappa shape index (κ1) is 17.7. The third kappa shape index (κ3) is 3.65. The van der Waals surface area contributed by atoms with Gasteiger partial charge in [-0.25, -0.2) is 9.97 Å². The molecule has 0 aliphatic carbocycles. The monoisotopic (exact) mass is 391 g/mol. The minimum Gasteiger partial charge on any atom is -0.486 e. The van der Waals surface area contributed by atoms with Crippen molar-refractivity contribution >= 4 is 28.4 Å². The lowest BCUT2D eigenvalue weighted by Crippen LogP contribution is -2.40. The van der Waals surface area contributed by atoms with E-state index in [1.807, 2.05) is 24.3 Å². The van der Waals surface area contributed by atoms with E-state index in [-0.39, 0.29) is 11.8 Å². The van der Waals surface area contributed by atoms with E-state index in [2.05, 4.69) is 25.2 Å². The highest BCUT2D eigenvalue weighted by Crippen LogP contribution is 2.33. The van der Waals surface area contributed by atoms with Gasteiger partial charge in [-0.3, -0.25) is 9.78 Å². The molecule has 2 aliphatic heterocycles. The average Bonchev–Trinajstić information content (AvgIpc) is 2.79. The summed E-state index contributed by atoms with van der Waals surface area (Å²) in [6, 6.07) is 7.48. The molecule has 0 saturated carbocycles. The van der Waals surface area contributed by atoms with E-state index in [1.165, 1.54) is 0 Å². The number of anilines is 2. The van der Waals surface area contributed by atoms with Gasteiger partial charge in [0.15, 0.2) is 17.1 Å². The number of amides is 1. The van der Waals surface area contributed by atoms with Gasteiger partial charge in [0.25, 0.3) is 0 Å². The minimum atomic E-state index is -0.102. The van der Waals surface area contributed by atoms with Gasteiger partial charge in [-0.05, 0) is 31.0 Å². The highest BCUT2D eigenvalue weighted by Gasteiger charge is 2.27. The summed E-state index contributed by atoms with van der Waals surface area (Å²) in [4.78, 5) is 28.0. The molecule has 4 heterocycles. The Morgan fingerprint density at radius 1 is 1.07 bits per heavy atom. The summed E-state index contributed by atoms with van der Waals surface area (Å²) >= 11 is 0. The second-order valence-electron chi connectivity index (χ2n) is 7.23. The fourth-order valence-corrected chi connectivity index (χ4v) is 3.81. The lowest BCUT2D eigenvalue weighted by molar-refractivity contribution is -0.120. The molecule has 1 atom stereocenters. The molecular formula is C21H21N5O3. The van der Waals surface area contributed by atoms with Crippen LogP contribution < -0.4 is 19.7 Å². The number of carbonyl (C=O) groups excluding carboxylic acids is 1. The Morgan fingerprint density at radius 3 is 2.86 bits per heavy atom. The van der Waals surface area contributed by atoms with E-state index in [0.717, 1.165) is 36.3 Å². The van der Waals surface area contributed by atoms with Crippen LogP contribution in [0.3, 0.4) is 0 Å². The maximum absolute atomic E-state index is 12.9. The molecule has 0 radical (unpaired) electrons. The molecule has 8 heteroatoms. The molecular weight excluding hydrogens is 370 g/mol. The Morgan fingerprint density at radius 2 is 1.93 bits per heavy atom. The predicted octanol–water partition coefficient (Wildman–Crippen LogP) is 2.65. The third-order valence-electron chi connectivity index (χ3n) is 5.28. The molecule has 1 fully saturated rings. The van der Waals surface area contributed by atoms with Crippen LogP contribution in [0.15, 0.2) is 42.9 Å². The SMILES string of the molecule is O=C(Nc1ccc2c(c1)OCCO2)[C@H]1CCCN(c2cnc3nccnc3c2)C1. The van der Waals surface area contributed by atoms with Gasteiger partial charge in [-0.1, -0.05) is 0 Å². The summed E-state index contributed by atoms with van der Waals surface area (Å²) in [6.45, 7) is 2.60. The van der Waals surface area contributed by atoms with Crippen molar-refractivity contribution in [3.63, 3.8) is 0 Å². The van der Waals surface area contributed by atoms with Crippen LogP contribution in [0.1, 0.15) is 12.8 Å². The van der Waals surface area contributed by atoms with Crippen LogP contribution in [-0.4, -0.2) is 47.2 Å². The molecule has 148 valence electrons. The highest BCUT2D eigenvalue weighted by atomic mass is 16.6. The fraction of sp³-hybridized carbons (Fsp3) is 0.333. The number of piperidine rings is 1. The Kier molecular flexibility index (Phi) is 4.59. The summed E-state index contributed by atoms with van der Waals surface area (Å²) in [5.41, 5.74) is 3.07. The lowest BCUT2D eigenvalue weighted by atomic mass is 9.96. The Hall–Kier alpha value is -3.42. The second kappa shape index (κ2) is 7.54. The molecule has 1 amide bonds. The van der Waals surface area contributed by atoms with E-state index < -0.39 is 0 Å². The van der Waals surface area contributed by atoms with Crippen molar-refractivity contribution in [2.24, 2.45) is 5.92 Å². The summed E-state index contributed by atoms with van der Waals surface area (Å²) < 4.78 is 11.1. The van der Waals surface area contributed by atoms with Crippen LogP contribution in [0.25, 0.3) is 11.2 Å². The molecule has 1 N–H and O–H groups in total. The molecule has 3 aromatic rings. The number of benzene rings is 1. The molecule has 5 rings (SSSR count). The van der Waals surface area contributed by atoms with E-state index in [0.29, 0.717) is 36.9 Å². The number of aromatic nitrogens is 3. The first-order valence-corrected chi connectivity index (χ1v) is 9.78. The van der Waals surface area contributed by atoms with Gasteiger partial charge in [-0.2, -0.15) is 0 Å². The van der Waals surface area contributed by atoms with Crippen LogP contribution in [0, 0.1) is 5.92 Å². The lowest BCUT2D eigenvalue weighted by Gasteiger charge is -2.33. The van der Waals surface area contributed by atoms with Crippen molar-refractivity contribution in [1.82, 2.24) is 15.0 Å². The predicted molar refractivity (Wildman–Crippen MR) is 108 cm³/mol. The molecule has 1 aromatic carbocycles. The minimum absolute atomic E-state index is 0.0138. The first-order chi connectivity index (χ1) is 14.3. The zero-order chi connectivity index (χ0) is 19.6. The van der Waals surface area contributed by atoms with Crippen LogP contribution in [0.4, 0.5) is 11.4 Å². The number of nitrogens with one attached hydrogen (secondary N) is 1. The molecule has 0 spiro atoms. The summed E-state index contributed by atoms with van der Waals surface area (Å²) in [5, 5.41) is 3.02. The number of fused-ring (bicyclic) bond motifs is 2. The van der Waals surface area contributed by atoms with E-state index in [1.54, 1.807) is 18.6 Å². The van der Waals surface area contributed by atoms with E-state index in [9.17, 15) is 4.79 Å². The van der Waals surface area contributed by atoms with Gasteiger partial charge in [0.2, 0.25) is 5.91 Å². The van der Waals surface area contributed by atoms with Crippen molar-refractivity contribution < 1.29 is 14.3 Å². The summed E-state index contributed by atoms with van der Waals surface area (Å²) in [7, 11) is 0. The summed E-state index contributed by atoms with van der Waals surface area (Å²) in [6.07, 6.45) is 6.89. The third-order valence-corrected chi connectivity index (χ3v) is 5.28. The summed E-state index contributed by atoms with van der Waals surface area (Å²) in [5.74, 6) is 1.29. The van der Waals surface area contributed by atoms with E-state index in [4.69, 9.17) is 9.47 Å². The number of hydrogen-bond acceptors (Lipinski definition) is 7. The Bertz CT molecular complexity index is 1060. The number of carbonyl (C=O) groups is 1. The molecule has 8 nitrogen and oxygen atoms in total. The quantitative estimate of drug-likeness (QED) is 0.734. The molecule has 1 saturated heterocycles.